The van der Waals surface area contributed by atoms with Crippen LogP contribution < -0.4 is 5.73 Å². The van der Waals surface area contributed by atoms with Crippen LogP contribution in [0, 0.1) is 0 Å². The zero-order valence-electron chi connectivity index (χ0n) is 9.92. The number of fused-ring (bicyclic) bond motifs is 3. The molecule has 19 heavy (non-hydrogen) atoms. The van der Waals surface area contributed by atoms with Crippen LogP contribution in [-0.4, -0.2) is 22.8 Å². The summed E-state index contributed by atoms with van der Waals surface area (Å²) in [6, 6.07) is 3.68. The molecule has 5 heteroatoms. The minimum atomic E-state index is -1.33. The highest BCUT2D eigenvalue weighted by molar-refractivity contribution is 6.23. The zero-order valence-corrected chi connectivity index (χ0v) is 9.92. The van der Waals surface area contributed by atoms with Gasteiger partial charge in [0.25, 0.3) is 0 Å². The van der Waals surface area contributed by atoms with Crippen LogP contribution >= 0.6 is 0 Å². The Balaban J connectivity index is 0.000000297. The van der Waals surface area contributed by atoms with Gasteiger partial charge in [-0.15, -0.1) is 0 Å². The maximum absolute atomic E-state index is 11.7. The summed E-state index contributed by atoms with van der Waals surface area (Å²) in [5, 5.41) is 7.19. The van der Waals surface area contributed by atoms with Gasteiger partial charge in [0.2, 0.25) is 0 Å². The van der Waals surface area contributed by atoms with Gasteiger partial charge in [-0.25, -0.2) is 4.79 Å². The van der Waals surface area contributed by atoms with Crippen LogP contribution in [0.1, 0.15) is 31.8 Å². The van der Waals surface area contributed by atoms with Crippen molar-refractivity contribution in [2.75, 3.05) is 0 Å². The fraction of sp³-hybridized carbons (Fsp3) is 0.0714. The number of carbonyl (C=O) groups is 3. The van der Waals surface area contributed by atoms with E-state index in [1.54, 1.807) is 6.07 Å². The summed E-state index contributed by atoms with van der Waals surface area (Å²) >= 11 is 0. The Kier molecular flexibility index (Phi) is 3.29. The smallest absolute Gasteiger partial charge is 0.402 e. The first-order chi connectivity index (χ1) is 9.00. The van der Waals surface area contributed by atoms with Crippen LogP contribution in [0.5, 0.6) is 0 Å². The lowest BCUT2D eigenvalue weighted by Gasteiger charge is -2.12. The highest BCUT2D eigenvalue weighted by Gasteiger charge is 2.24. The van der Waals surface area contributed by atoms with E-state index in [0.717, 1.165) is 17.5 Å². The van der Waals surface area contributed by atoms with Gasteiger partial charge in [-0.05, 0) is 35.8 Å². The predicted molar refractivity (Wildman–Crippen MR) is 69.2 cm³/mol. The largest absolute Gasteiger partial charge is 0.465 e. The zero-order chi connectivity index (χ0) is 14.0. The monoisotopic (exact) mass is 257 g/mol. The first-order valence-electron chi connectivity index (χ1n) is 5.58. The molecule has 1 amide bonds. The van der Waals surface area contributed by atoms with Crippen molar-refractivity contribution in [3.63, 3.8) is 0 Å². The van der Waals surface area contributed by atoms with Gasteiger partial charge >= 0.3 is 6.09 Å². The van der Waals surface area contributed by atoms with Crippen molar-refractivity contribution >= 4 is 23.7 Å². The summed E-state index contributed by atoms with van der Waals surface area (Å²) in [4.78, 5) is 32.1. The Morgan fingerprint density at radius 2 is 1.74 bits per heavy atom. The average Bonchev–Trinajstić information content (AvgIpc) is 2.80. The molecule has 0 heterocycles. The molecule has 0 radical (unpaired) electrons. The second-order valence-electron chi connectivity index (χ2n) is 4.07. The minimum Gasteiger partial charge on any atom is -0.465 e. The number of allylic oxidation sites excluding steroid dienone is 3. The number of nitrogens with two attached hydrogens (primary N) is 1. The average molecular weight is 257 g/mol. The number of benzene rings is 1. The number of ketones is 2. The van der Waals surface area contributed by atoms with Gasteiger partial charge in [-0.3, -0.25) is 9.59 Å². The van der Waals surface area contributed by atoms with Gasteiger partial charge in [0, 0.05) is 11.1 Å². The van der Waals surface area contributed by atoms with Crippen LogP contribution in [0.25, 0.3) is 6.08 Å². The van der Waals surface area contributed by atoms with Crippen molar-refractivity contribution in [3.8, 4) is 0 Å². The molecule has 96 valence electrons. The molecule has 5 nitrogen and oxygen atoms in total. The minimum absolute atomic E-state index is 0.0620. The molecule has 0 fully saturated rings. The Labute approximate surface area is 109 Å². The lowest BCUT2D eigenvalue weighted by Crippen LogP contribution is -2.13. The highest BCUT2D eigenvalue weighted by atomic mass is 16.4. The van der Waals surface area contributed by atoms with E-state index < -0.39 is 6.09 Å². The van der Waals surface area contributed by atoms with Crippen molar-refractivity contribution in [1.29, 1.82) is 0 Å². The van der Waals surface area contributed by atoms with Crippen LogP contribution in [-0.2, 0) is 6.42 Å². The fourth-order valence-electron chi connectivity index (χ4n) is 2.13. The van der Waals surface area contributed by atoms with Gasteiger partial charge in [-0.1, -0.05) is 18.2 Å². The van der Waals surface area contributed by atoms with Gasteiger partial charge in [0.1, 0.15) is 0 Å². The number of carbonyl (C=O) groups excluding carboxylic acids is 2. The molecular formula is C14H11NO4. The summed E-state index contributed by atoms with van der Waals surface area (Å²) in [7, 11) is 0. The number of hydrogen-bond donors (Lipinski definition) is 2. The number of hydrogen-bond acceptors (Lipinski definition) is 3. The topological polar surface area (TPSA) is 97.5 Å². The van der Waals surface area contributed by atoms with Crippen LogP contribution in [0.15, 0.2) is 30.4 Å². The van der Waals surface area contributed by atoms with E-state index in [-0.39, 0.29) is 11.6 Å². The molecule has 0 aromatic heterocycles. The van der Waals surface area contributed by atoms with Crippen molar-refractivity contribution in [2.45, 2.75) is 6.42 Å². The van der Waals surface area contributed by atoms with Crippen LogP contribution in [0.3, 0.4) is 0 Å². The third kappa shape index (κ3) is 2.44. The van der Waals surface area contributed by atoms with Crippen LogP contribution in [0.2, 0.25) is 0 Å². The Bertz CT molecular complexity index is 637. The highest BCUT2D eigenvalue weighted by Crippen LogP contribution is 2.29. The molecule has 0 saturated heterocycles. The fourth-order valence-corrected chi connectivity index (χ4v) is 2.13. The molecule has 3 rings (SSSR count). The van der Waals surface area contributed by atoms with E-state index in [4.69, 9.17) is 9.90 Å². The first-order valence-corrected chi connectivity index (χ1v) is 5.58. The van der Waals surface area contributed by atoms with E-state index in [2.05, 4.69) is 5.73 Å². The second-order valence-corrected chi connectivity index (χ2v) is 4.07. The van der Waals surface area contributed by atoms with Crippen LogP contribution in [0.4, 0.5) is 4.79 Å². The first kappa shape index (κ1) is 12.8. The molecule has 3 N–H and O–H groups in total. The molecule has 0 spiro atoms. The molecule has 1 aromatic rings. The molecule has 0 bridgehead atoms. The van der Waals surface area contributed by atoms with Gasteiger partial charge in [-0.2, -0.15) is 0 Å². The standard InChI is InChI=1S/C13H8O2.CH3NO2/c14-11-6-7-12(15)13-9-3-1-2-8(9)4-5-10(11)13;2-1(3)4/h1,3-7H,2H2;2H2,(H,3,4). The summed E-state index contributed by atoms with van der Waals surface area (Å²) in [6.07, 6.45) is 6.17. The van der Waals surface area contributed by atoms with E-state index in [1.807, 2.05) is 18.2 Å². The van der Waals surface area contributed by atoms with E-state index in [1.165, 1.54) is 12.2 Å². The van der Waals surface area contributed by atoms with Gasteiger partial charge in [0.05, 0.1) is 0 Å². The predicted octanol–water partition coefficient (Wildman–Crippen LogP) is 1.81. The number of primary amides is 1. The summed E-state index contributed by atoms with van der Waals surface area (Å²) < 4.78 is 0. The van der Waals surface area contributed by atoms with Crippen molar-refractivity contribution < 1.29 is 19.5 Å². The number of rotatable bonds is 0. The normalized spacial score (nSPS) is 14.5. The van der Waals surface area contributed by atoms with E-state index in [0.29, 0.717) is 11.1 Å². The molecule has 1 aromatic carbocycles. The molecule has 2 aliphatic carbocycles. The molecular weight excluding hydrogens is 246 g/mol. The van der Waals surface area contributed by atoms with Gasteiger partial charge < -0.3 is 10.8 Å². The number of amides is 1. The summed E-state index contributed by atoms with van der Waals surface area (Å²) in [5.41, 5.74) is 7.20. The maximum Gasteiger partial charge on any atom is 0.402 e. The summed E-state index contributed by atoms with van der Waals surface area (Å²) in [6.45, 7) is 0. The lowest BCUT2D eigenvalue weighted by atomic mass is 9.89. The summed E-state index contributed by atoms with van der Waals surface area (Å²) in [5.74, 6) is -0.138. The van der Waals surface area contributed by atoms with Crippen molar-refractivity contribution in [2.24, 2.45) is 5.73 Å². The van der Waals surface area contributed by atoms with E-state index >= 15 is 0 Å². The van der Waals surface area contributed by atoms with Crippen molar-refractivity contribution in [3.05, 3.63) is 52.6 Å². The second kappa shape index (κ2) is 4.89. The third-order valence-electron chi connectivity index (χ3n) is 2.86. The van der Waals surface area contributed by atoms with Gasteiger partial charge in [0.15, 0.2) is 11.6 Å². The van der Waals surface area contributed by atoms with E-state index in [9.17, 15) is 9.59 Å². The molecule has 0 unspecified atom stereocenters. The molecule has 0 aliphatic heterocycles. The Morgan fingerprint density at radius 3 is 2.42 bits per heavy atom. The Hall–Kier alpha value is -2.69. The maximum atomic E-state index is 11.7. The third-order valence-corrected chi connectivity index (χ3v) is 2.86. The molecule has 0 saturated carbocycles. The number of carboxylic acid groups (broad SMARTS) is 1. The molecule has 0 atom stereocenters. The lowest BCUT2D eigenvalue weighted by molar-refractivity contribution is 0.0994. The SMILES string of the molecule is NC(=O)O.O=C1C=CC(=O)c2c1ccc1c2C=CC1. The quantitative estimate of drug-likeness (QED) is 0.740. The Morgan fingerprint density at radius 1 is 1.11 bits per heavy atom. The molecule has 2 aliphatic rings. The van der Waals surface area contributed by atoms with Crippen molar-refractivity contribution in [1.82, 2.24) is 0 Å².